The molecule has 0 amide bonds. The second-order valence-corrected chi connectivity index (χ2v) is 4.70. The van der Waals surface area contributed by atoms with E-state index < -0.39 is 0 Å². The van der Waals surface area contributed by atoms with Crippen molar-refractivity contribution < 1.29 is 0 Å². The highest BCUT2D eigenvalue weighted by atomic mass is 15.1. The van der Waals surface area contributed by atoms with E-state index >= 15 is 0 Å². The number of nitrogens with two attached hydrogens (primary N) is 1. The van der Waals surface area contributed by atoms with Crippen molar-refractivity contribution in [3.8, 4) is 0 Å². The molecule has 1 aromatic rings. The maximum atomic E-state index is 6.16. The van der Waals surface area contributed by atoms with E-state index in [0.29, 0.717) is 0 Å². The fourth-order valence-corrected chi connectivity index (χ4v) is 2.09. The largest absolute Gasteiger partial charge is 0.374 e. The lowest BCUT2D eigenvalue weighted by atomic mass is 10.0. The van der Waals surface area contributed by atoms with Crippen LogP contribution in [0.4, 0.5) is 5.69 Å². The summed E-state index contributed by atoms with van der Waals surface area (Å²) in [6, 6.07) is 8.65. The van der Waals surface area contributed by atoms with Crippen molar-refractivity contribution >= 4 is 5.69 Å². The normalized spacial score (nSPS) is 12.5. The summed E-state index contributed by atoms with van der Waals surface area (Å²) in [7, 11) is 2.16. The third kappa shape index (κ3) is 4.04. The van der Waals surface area contributed by atoms with E-state index in [0.717, 1.165) is 13.0 Å². The highest BCUT2D eigenvalue weighted by Crippen LogP contribution is 2.26. The van der Waals surface area contributed by atoms with Gasteiger partial charge in [0, 0.05) is 25.3 Å². The van der Waals surface area contributed by atoms with Crippen molar-refractivity contribution in [3.05, 3.63) is 29.8 Å². The van der Waals surface area contributed by atoms with Gasteiger partial charge in [0.05, 0.1) is 0 Å². The molecule has 0 aromatic heterocycles. The average Bonchev–Trinajstić information content (AvgIpc) is 2.38. The standard InChI is InChI=1S/C15H26N2/c1-4-6-9-12-17(3)15-11-8-7-10-13(15)14(16)5-2/h7-8,10-11,14H,4-6,9,12,16H2,1-3H3/t14-/m1/s1. The van der Waals surface area contributed by atoms with Crippen LogP contribution in [0.2, 0.25) is 0 Å². The van der Waals surface area contributed by atoms with E-state index in [1.165, 1.54) is 30.5 Å². The van der Waals surface area contributed by atoms with Crippen LogP contribution in [0.25, 0.3) is 0 Å². The predicted octanol–water partition coefficient (Wildman–Crippen LogP) is 3.72. The molecule has 1 rings (SSSR count). The second-order valence-electron chi connectivity index (χ2n) is 4.70. The van der Waals surface area contributed by atoms with Crippen molar-refractivity contribution in [1.82, 2.24) is 0 Å². The Hall–Kier alpha value is -1.02. The molecule has 96 valence electrons. The molecule has 0 unspecified atom stereocenters. The Morgan fingerprint density at radius 2 is 1.88 bits per heavy atom. The topological polar surface area (TPSA) is 29.3 Å². The molecule has 1 aromatic carbocycles. The van der Waals surface area contributed by atoms with Gasteiger partial charge in [0.2, 0.25) is 0 Å². The molecule has 0 radical (unpaired) electrons. The summed E-state index contributed by atoms with van der Waals surface area (Å²) in [5, 5.41) is 0. The summed E-state index contributed by atoms with van der Waals surface area (Å²) in [6.07, 6.45) is 4.80. The minimum Gasteiger partial charge on any atom is -0.374 e. The number of hydrogen-bond donors (Lipinski definition) is 1. The van der Waals surface area contributed by atoms with Crippen LogP contribution in [-0.4, -0.2) is 13.6 Å². The summed E-state index contributed by atoms with van der Waals surface area (Å²) in [5.41, 5.74) is 8.72. The number of nitrogens with zero attached hydrogens (tertiary/aromatic N) is 1. The third-order valence-electron chi connectivity index (χ3n) is 3.28. The maximum absolute atomic E-state index is 6.16. The summed E-state index contributed by atoms with van der Waals surface area (Å²) in [4.78, 5) is 2.33. The molecule has 0 saturated heterocycles. The first-order valence-corrected chi connectivity index (χ1v) is 6.76. The van der Waals surface area contributed by atoms with Gasteiger partial charge in [-0.25, -0.2) is 0 Å². The summed E-state index contributed by atoms with van der Waals surface area (Å²) < 4.78 is 0. The van der Waals surface area contributed by atoms with Crippen LogP contribution in [0.15, 0.2) is 24.3 Å². The Kier molecular flexibility index (Phi) is 6.06. The molecule has 0 saturated carbocycles. The lowest BCUT2D eigenvalue weighted by Crippen LogP contribution is -2.22. The SMILES string of the molecule is CCCCCN(C)c1ccccc1[C@H](N)CC. The molecular weight excluding hydrogens is 208 g/mol. The molecular formula is C15H26N2. The van der Waals surface area contributed by atoms with Gasteiger partial charge in [-0.3, -0.25) is 0 Å². The zero-order chi connectivity index (χ0) is 12.7. The smallest absolute Gasteiger partial charge is 0.0412 e. The number of hydrogen-bond acceptors (Lipinski definition) is 2. The summed E-state index contributed by atoms with van der Waals surface area (Å²) >= 11 is 0. The Morgan fingerprint density at radius 3 is 2.53 bits per heavy atom. The van der Waals surface area contributed by atoms with Gasteiger partial charge in [-0.05, 0) is 24.5 Å². The zero-order valence-corrected chi connectivity index (χ0v) is 11.4. The molecule has 0 fully saturated rings. The monoisotopic (exact) mass is 234 g/mol. The van der Waals surface area contributed by atoms with Crippen LogP contribution in [-0.2, 0) is 0 Å². The molecule has 2 nitrogen and oxygen atoms in total. The Balaban J connectivity index is 2.74. The van der Waals surface area contributed by atoms with Crippen molar-refractivity contribution in [2.75, 3.05) is 18.5 Å². The van der Waals surface area contributed by atoms with Crippen LogP contribution in [0.5, 0.6) is 0 Å². The Morgan fingerprint density at radius 1 is 1.18 bits per heavy atom. The minimum absolute atomic E-state index is 0.153. The van der Waals surface area contributed by atoms with Crippen LogP contribution < -0.4 is 10.6 Å². The average molecular weight is 234 g/mol. The molecule has 0 spiro atoms. The van der Waals surface area contributed by atoms with E-state index in [2.05, 4.69) is 50.1 Å². The molecule has 0 aliphatic rings. The predicted molar refractivity (Wildman–Crippen MR) is 76.5 cm³/mol. The summed E-state index contributed by atoms with van der Waals surface area (Å²) in [6.45, 7) is 5.49. The van der Waals surface area contributed by atoms with Gasteiger partial charge in [-0.2, -0.15) is 0 Å². The fraction of sp³-hybridized carbons (Fsp3) is 0.600. The van der Waals surface area contributed by atoms with Gasteiger partial charge in [0.1, 0.15) is 0 Å². The Labute approximate surface area is 106 Å². The first-order chi connectivity index (χ1) is 8.20. The number of benzene rings is 1. The number of anilines is 1. The van der Waals surface area contributed by atoms with Gasteiger partial charge < -0.3 is 10.6 Å². The molecule has 1 atom stereocenters. The summed E-state index contributed by atoms with van der Waals surface area (Å²) in [5.74, 6) is 0. The first-order valence-electron chi connectivity index (χ1n) is 6.76. The van der Waals surface area contributed by atoms with Crippen LogP contribution in [0.1, 0.15) is 51.1 Å². The van der Waals surface area contributed by atoms with E-state index in [-0.39, 0.29) is 6.04 Å². The van der Waals surface area contributed by atoms with Crippen LogP contribution in [0.3, 0.4) is 0 Å². The van der Waals surface area contributed by atoms with Crippen molar-refractivity contribution in [2.24, 2.45) is 5.73 Å². The molecule has 0 aliphatic carbocycles. The Bertz CT molecular complexity index is 322. The number of rotatable bonds is 7. The molecule has 2 N–H and O–H groups in total. The van der Waals surface area contributed by atoms with Crippen LogP contribution in [0, 0.1) is 0 Å². The number of para-hydroxylation sites is 1. The zero-order valence-electron chi connectivity index (χ0n) is 11.4. The van der Waals surface area contributed by atoms with Crippen LogP contribution >= 0.6 is 0 Å². The van der Waals surface area contributed by atoms with E-state index in [9.17, 15) is 0 Å². The molecule has 17 heavy (non-hydrogen) atoms. The van der Waals surface area contributed by atoms with Gasteiger partial charge in [-0.1, -0.05) is 44.9 Å². The first kappa shape index (κ1) is 14.0. The lowest BCUT2D eigenvalue weighted by molar-refractivity contribution is 0.679. The van der Waals surface area contributed by atoms with Gasteiger partial charge in [0.25, 0.3) is 0 Å². The highest BCUT2D eigenvalue weighted by Gasteiger charge is 2.11. The van der Waals surface area contributed by atoms with Gasteiger partial charge in [0.15, 0.2) is 0 Å². The maximum Gasteiger partial charge on any atom is 0.0412 e. The molecule has 0 aliphatic heterocycles. The van der Waals surface area contributed by atoms with E-state index in [1.807, 2.05) is 0 Å². The van der Waals surface area contributed by atoms with Gasteiger partial charge in [-0.15, -0.1) is 0 Å². The van der Waals surface area contributed by atoms with Crippen molar-refractivity contribution in [3.63, 3.8) is 0 Å². The van der Waals surface area contributed by atoms with Gasteiger partial charge >= 0.3 is 0 Å². The molecule has 0 heterocycles. The quantitative estimate of drug-likeness (QED) is 0.728. The third-order valence-corrected chi connectivity index (χ3v) is 3.28. The molecule has 0 bridgehead atoms. The molecule has 2 heteroatoms. The lowest BCUT2D eigenvalue weighted by Gasteiger charge is -2.24. The number of unbranched alkanes of at least 4 members (excludes halogenated alkanes) is 2. The van der Waals surface area contributed by atoms with Crippen molar-refractivity contribution in [1.29, 1.82) is 0 Å². The highest BCUT2D eigenvalue weighted by molar-refractivity contribution is 5.54. The van der Waals surface area contributed by atoms with E-state index in [1.54, 1.807) is 0 Å². The van der Waals surface area contributed by atoms with Crippen molar-refractivity contribution in [2.45, 2.75) is 45.6 Å². The second kappa shape index (κ2) is 7.33. The van der Waals surface area contributed by atoms with E-state index in [4.69, 9.17) is 5.73 Å². The fourth-order valence-electron chi connectivity index (χ4n) is 2.09. The minimum atomic E-state index is 0.153.